The third-order valence-electron chi connectivity index (χ3n) is 4.18. The molecule has 1 amide bonds. The van der Waals surface area contributed by atoms with Gasteiger partial charge in [-0.15, -0.1) is 0 Å². The SMILES string of the molecule is COc1ccc(OC)c(NC(=O)CN(C)C[C@@H]2COc3ccccc3O2)c1. The quantitative estimate of drug-likeness (QED) is 0.805. The molecule has 3 rings (SSSR count). The summed E-state index contributed by atoms with van der Waals surface area (Å²) in [6.45, 7) is 1.23. The van der Waals surface area contributed by atoms with E-state index in [1.807, 2.05) is 36.2 Å². The molecule has 1 aliphatic rings. The summed E-state index contributed by atoms with van der Waals surface area (Å²) in [5, 5.41) is 2.86. The van der Waals surface area contributed by atoms with Crippen molar-refractivity contribution >= 4 is 11.6 Å². The second kappa shape index (κ2) is 8.64. The van der Waals surface area contributed by atoms with Gasteiger partial charge in [-0.3, -0.25) is 9.69 Å². The summed E-state index contributed by atoms with van der Waals surface area (Å²) in [5.41, 5.74) is 0.571. The molecule has 27 heavy (non-hydrogen) atoms. The molecule has 0 saturated carbocycles. The first-order valence-corrected chi connectivity index (χ1v) is 8.68. The van der Waals surface area contributed by atoms with Gasteiger partial charge in [-0.1, -0.05) is 12.1 Å². The van der Waals surface area contributed by atoms with Gasteiger partial charge in [0, 0.05) is 12.6 Å². The van der Waals surface area contributed by atoms with Crippen LogP contribution in [-0.4, -0.2) is 57.9 Å². The molecule has 1 heterocycles. The summed E-state index contributed by atoms with van der Waals surface area (Å²) in [6.07, 6.45) is -0.135. The minimum absolute atomic E-state index is 0.135. The maximum absolute atomic E-state index is 12.4. The van der Waals surface area contributed by atoms with Crippen molar-refractivity contribution < 1.29 is 23.7 Å². The van der Waals surface area contributed by atoms with Gasteiger partial charge in [0.05, 0.1) is 26.5 Å². The van der Waals surface area contributed by atoms with Crippen molar-refractivity contribution in [2.45, 2.75) is 6.10 Å². The summed E-state index contributed by atoms with van der Waals surface area (Å²) >= 11 is 0. The summed E-state index contributed by atoms with van der Waals surface area (Å²) in [6, 6.07) is 12.8. The Hall–Kier alpha value is -2.93. The van der Waals surface area contributed by atoms with Crippen molar-refractivity contribution in [3.05, 3.63) is 42.5 Å². The zero-order valence-electron chi connectivity index (χ0n) is 15.7. The standard InChI is InChI=1S/C20H24N2O5/c1-22(11-15-13-26-18-6-4-5-7-19(18)27-15)12-20(23)21-16-10-14(24-2)8-9-17(16)25-3/h4-10,15H,11-13H2,1-3H3,(H,21,23)/t15-/m1/s1. The second-order valence-corrected chi connectivity index (χ2v) is 6.31. The molecule has 144 valence electrons. The van der Waals surface area contributed by atoms with E-state index in [4.69, 9.17) is 18.9 Å². The Balaban J connectivity index is 1.54. The number of anilines is 1. The minimum atomic E-state index is -0.152. The van der Waals surface area contributed by atoms with E-state index >= 15 is 0 Å². The Kier molecular flexibility index (Phi) is 6.03. The Morgan fingerprint density at radius 2 is 1.96 bits per heavy atom. The van der Waals surface area contributed by atoms with E-state index in [-0.39, 0.29) is 18.6 Å². The largest absolute Gasteiger partial charge is 0.497 e. The highest BCUT2D eigenvalue weighted by Gasteiger charge is 2.22. The average Bonchev–Trinajstić information content (AvgIpc) is 2.67. The first-order chi connectivity index (χ1) is 13.1. The van der Waals surface area contributed by atoms with Crippen LogP contribution in [-0.2, 0) is 4.79 Å². The third-order valence-corrected chi connectivity index (χ3v) is 4.18. The second-order valence-electron chi connectivity index (χ2n) is 6.31. The van der Waals surface area contributed by atoms with E-state index in [0.717, 1.165) is 11.5 Å². The molecule has 7 heteroatoms. The van der Waals surface area contributed by atoms with Crippen LogP contribution in [0.2, 0.25) is 0 Å². The van der Waals surface area contributed by atoms with Gasteiger partial charge in [0.2, 0.25) is 5.91 Å². The van der Waals surface area contributed by atoms with Crippen LogP contribution >= 0.6 is 0 Å². The number of nitrogens with one attached hydrogen (secondary N) is 1. The Bertz CT molecular complexity index is 796. The zero-order chi connectivity index (χ0) is 19.2. The lowest BCUT2D eigenvalue weighted by Crippen LogP contribution is -2.42. The molecule has 0 unspecified atom stereocenters. The van der Waals surface area contributed by atoms with Crippen LogP contribution in [0.15, 0.2) is 42.5 Å². The van der Waals surface area contributed by atoms with Crippen LogP contribution in [0, 0.1) is 0 Å². The lowest BCUT2D eigenvalue weighted by Gasteiger charge is -2.29. The fraction of sp³-hybridized carbons (Fsp3) is 0.350. The average molecular weight is 372 g/mol. The first-order valence-electron chi connectivity index (χ1n) is 8.68. The number of fused-ring (bicyclic) bond motifs is 1. The molecule has 2 aromatic carbocycles. The van der Waals surface area contributed by atoms with Crippen molar-refractivity contribution in [3.63, 3.8) is 0 Å². The molecular formula is C20H24N2O5. The van der Waals surface area contributed by atoms with Gasteiger partial charge >= 0.3 is 0 Å². The highest BCUT2D eigenvalue weighted by molar-refractivity contribution is 5.94. The van der Waals surface area contributed by atoms with E-state index in [2.05, 4.69) is 5.32 Å². The molecular weight excluding hydrogens is 348 g/mol. The molecule has 0 aromatic heterocycles. The van der Waals surface area contributed by atoms with Crippen molar-refractivity contribution in [2.24, 2.45) is 0 Å². The number of hydrogen-bond donors (Lipinski definition) is 1. The summed E-state index contributed by atoms with van der Waals surface area (Å²) in [4.78, 5) is 14.3. The predicted molar refractivity (Wildman–Crippen MR) is 102 cm³/mol. The highest BCUT2D eigenvalue weighted by Crippen LogP contribution is 2.31. The summed E-state index contributed by atoms with van der Waals surface area (Å²) in [7, 11) is 5.00. The molecule has 0 bridgehead atoms. The summed E-state index contributed by atoms with van der Waals surface area (Å²) in [5.74, 6) is 2.55. The van der Waals surface area contributed by atoms with Crippen LogP contribution < -0.4 is 24.3 Å². The topological polar surface area (TPSA) is 69.3 Å². The van der Waals surface area contributed by atoms with Crippen molar-refractivity contribution in [1.82, 2.24) is 4.90 Å². The van der Waals surface area contributed by atoms with Crippen molar-refractivity contribution in [3.8, 4) is 23.0 Å². The molecule has 1 aliphatic heterocycles. The van der Waals surface area contributed by atoms with Crippen LogP contribution in [0.3, 0.4) is 0 Å². The van der Waals surface area contributed by atoms with Gasteiger partial charge in [0.15, 0.2) is 11.5 Å². The minimum Gasteiger partial charge on any atom is -0.497 e. The molecule has 7 nitrogen and oxygen atoms in total. The lowest BCUT2D eigenvalue weighted by molar-refractivity contribution is -0.117. The molecule has 1 N–H and O–H groups in total. The lowest BCUT2D eigenvalue weighted by atomic mass is 10.2. The van der Waals surface area contributed by atoms with E-state index in [1.165, 1.54) is 0 Å². The molecule has 2 aromatic rings. The first kappa shape index (κ1) is 18.8. The maximum Gasteiger partial charge on any atom is 0.238 e. The molecule has 0 aliphatic carbocycles. The molecule has 1 atom stereocenters. The van der Waals surface area contributed by atoms with Gasteiger partial charge in [-0.05, 0) is 31.3 Å². The number of likely N-dealkylation sites (N-methyl/N-ethyl adjacent to an activating group) is 1. The number of rotatable bonds is 7. The Morgan fingerprint density at radius 3 is 2.70 bits per heavy atom. The van der Waals surface area contributed by atoms with E-state index in [0.29, 0.717) is 30.3 Å². The number of carbonyl (C=O) groups is 1. The Morgan fingerprint density at radius 1 is 1.19 bits per heavy atom. The maximum atomic E-state index is 12.4. The van der Waals surface area contributed by atoms with Gasteiger partial charge in [-0.25, -0.2) is 0 Å². The number of benzene rings is 2. The third kappa shape index (κ3) is 4.83. The highest BCUT2D eigenvalue weighted by atomic mass is 16.6. The number of amides is 1. The van der Waals surface area contributed by atoms with Crippen LogP contribution in [0.5, 0.6) is 23.0 Å². The van der Waals surface area contributed by atoms with Crippen LogP contribution in [0.25, 0.3) is 0 Å². The summed E-state index contributed by atoms with van der Waals surface area (Å²) < 4.78 is 22.1. The fourth-order valence-electron chi connectivity index (χ4n) is 2.91. The van der Waals surface area contributed by atoms with Crippen LogP contribution in [0.4, 0.5) is 5.69 Å². The number of ether oxygens (including phenoxy) is 4. The number of para-hydroxylation sites is 2. The fourth-order valence-corrected chi connectivity index (χ4v) is 2.91. The molecule has 0 radical (unpaired) electrons. The van der Waals surface area contributed by atoms with Gasteiger partial charge in [-0.2, -0.15) is 0 Å². The van der Waals surface area contributed by atoms with E-state index < -0.39 is 0 Å². The number of carbonyl (C=O) groups excluding carboxylic acids is 1. The molecule has 0 fully saturated rings. The van der Waals surface area contributed by atoms with Gasteiger partial charge in [0.1, 0.15) is 24.2 Å². The van der Waals surface area contributed by atoms with Crippen LogP contribution in [0.1, 0.15) is 0 Å². The van der Waals surface area contributed by atoms with Crippen molar-refractivity contribution in [2.75, 3.05) is 46.3 Å². The van der Waals surface area contributed by atoms with Gasteiger partial charge in [0.25, 0.3) is 0 Å². The molecule has 0 spiro atoms. The van der Waals surface area contributed by atoms with E-state index in [1.54, 1.807) is 32.4 Å². The smallest absolute Gasteiger partial charge is 0.238 e. The predicted octanol–water partition coefficient (Wildman–Crippen LogP) is 2.41. The van der Waals surface area contributed by atoms with Gasteiger partial charge < -0.3 is 24.3 Å². The number of nitrogens with zero attached hydrogens (tertiary/aromatic N) is 1. The molecule has 0 saturated heterocycles. The normalized spacial score (nSPS) is 15.3. The van der Waals surface area contributed by atoms with Crippen molar-refractivity contribution in [1.29, 1.82) is 0 Å². The van der Waals surface area contributed by atoms with E-state index in [9.17, 15) is 4.79 Å². The zero-order valence-corrected chi connectivity index (χ0v) is 15.7. The number of hydrogen-bond acceptors (Lipinski definition) is 6. The monoisotopic (exact) mass is 372 g/mol. The number of methoxy groups -OCH3 is 2. The Labute approximate surface area is 158 Å².